The molecule has 1 aromatic heterocycles. The van der Waals surface area contributed by atoms with E-state index in [1.54, 1.807) is 16.8 Å². The second-order valence-corrected chi connectivity index (χ2v) is 6.74. The molecule has 0 aliphatic carbocycles. The number of rotatable bonds is 6. The summed E-state index contributed by atoms with van der Waals surface area (Å²) >= 11 is 0. The molecule has 2 amide bonds. The highest BCUT2D eigenvalue weighted by Gasteiger charge is 2.18. The Bertz CT molecular complexity index is 1020. The molecule has 0 aliphatic heterocycles. The van der Waals surface area contributed by atoms with E-state index < -0.39 is 0 Å². The molecular weight excluding hydrogens is 371 g/mol. The van der Waals surface area contributed by atoms with Crippen LogP contribution in [0.15, 0.2) is 48.7 Å². The molecule has 0 radical (unpaired) electrons. The fraction of sp³-hybridized carbons (Fsp3) is 0.227. The van der Waals surface area contributed by atoms with Crippen LogP contribution in [0.25, 0.3) is 5.69 Å². The Labute approximate surface area is 168 Å². The third kappa shape index (κ3) is 4.51. The van der Waals surface area contributed by atoms with Gasteiger partial charge in [0, 0.05) is 5.69 Å². The molecule has 0 aliphatic rings. The summed E-state index contributed by atoms with van der Waals surface area (Å²) in [5, 5.41) is 9.74. The quantitative estimate of drug-likeness (QED) is 0.671. The van der Waals surface area contributed by atoms with Crippen LogP contribution < -0.4 is 10.6 Å². The lowest BCUT2D eigenvalue weighted by Gasteiger charge is -2.12. The third-order valence-corrected chi connectivity index (χ3v) is 4.67. The summed E-state index contributed by atoms with van der Waals surface area (Å²) < 4.78 is 14.8. The smallest absolute Gasteiger partial charge is 0.255 e. The Kier molecular flexibility index (Phi) is 6.07. The van der Waals surface area contributed by atoms with Gasteiger partial charge >= 0.3 is 0 Å². The van der Waals surface area contributed by atoms with Gasteiger partial charge in [-0.3, -0.25) is 9.59 Å². The van der Waals surface area contributed by atoms with Crippen molar-refractivity contribution in [3.8, 4) is 5.69 Å². The summed E-state index contributed by atoms with van der Waals surface area (Å²) in [6, 6.07) is 11.6. The zero-order valence-electron chi connectivity index (χ0n) is 16.6. The standard InChI is InChI=1S/C22H23FN4O2/c1-4-19-18(12-25-27(19)17-10-8-16(23)9-11-17)22(29)24-13-20(28)26-21-14(2)6-5-7-15(21)3/h5-12H,4,13H2,1-3H3,(H,24,29)(H,26,28). The van der Waals surface area contributed by atoms with Crippen molar-refractivity contribution in [2.45, 2.75) is 27.2 Å². The van der Waals surface area contributed by atoms with Gasteiger partial charge in [-0.15, -0.1) is 0 Å². The Hall–Kier alpha value is -3.48. The van der Waals surface area contributed by atoms with Crippen LogP contribution >= 0.6 is 0 Å². The van der Waals surface area contributed by atoms with Crippen LogP contribution in [-0.2, 0) is 11.2 Å². The van der Waals surface area contributed by atoms with E-state index in [1.807, 2.05) is 39.0 Å². The van der Waals surface area contributed by atoms with Crippen LogP contribution in [0.2, 0.25) is 0 Å². The Balaban J connectivity index is 1.69. The van der Waals surface area contributed by atoms with Gasteiger partial charge in [0.1, 0.15) is 5.82 Å². The number of carbonyl (C=O) groups is 2. The molecule has 150 valence electrons. The molecule has 0 saturated heterocycles. The zero-order chi connectivity index (χ0) is 21.0. The van der Waals surface area contributed by atoms with Gasteiger partial charge in [0.15, 0.2) is 0 Å². The number of nitrogens with zero attached hydrogens (tertiary/aromatic N) is 2. The van der Waals surface area contributed by atoms with Crippen LogP contribution in [0, 0.1) is 19.7 Å². The summed E-state index contributed by atoms with van der Waals surface area (Å²) in [5.41, 5.74) is 4.40. The average Bonchev–Trinajstić information content (AvgIpc) is 3.13. The maximum atomic E-state index is 13.2. The largest absolute Gasteiger partial charge is 0.343 e. The molecule has 6 nitrogen and oxygen atoms in total. The third-order valence-electron chi connectivity index (χ3n) is 4.67. The van der Waals surface area contributed by atoms with Gasteiger partial charge in [0.25, 0.3) is 5.91 Å². The van der Waals surface area contributed by atoms with E-state index in [2.05, 4.69) is 15.7 Å². The van der Waals surface area contributed by atoms with E-state index in [9.17, 15) is 14.0 Å². The van der Waals surface area contributed by atoms with Crippen LogP contribution in [0.1, 0.15) is 34.1 Å². The maximum absolute atomic E-state index is 13.2. The van der Waals surface area contributed by atoms with Crippen molar-refractivity contribution in [3.05, 3.63) is 76.9 Å². The number of benzene rings is 2. The monoisotopic (exact) mass is 394 g/mol. The molecule has 29 heavy (non-hydrogen) atoms. The SMILES string of the molecule is CCc1c(C(=O)NCC(=O)Nc2c(C)cccc2C)cnn1-c1ccc(F)cc1. The van der Waals surface area contributed by atoms with Crippen molar-refractivity contribution in [3.63, 3.8) is 0 Å². The number of hydrogen-bond donors (Lipinski definition) is 2. The first kappa shape index (κ1) is 20.3. The Morgan fingerprint density at radius 1 is 1.07 bits per heavy atom. The first-order valence-corrected chi connectivity index (χ1v) is 9.37. The maximum Gasteiger partial charge on any atom is 0.255 e. The highest BCUT2D eigenvalue weighted by molar-refractivity contribution is 6.00. The number of aryl methyl sites for hydroxylation is 2. The molecule has 2 N–H and O–H groups in total. The van der Waals surface area contributed by atoms with Crippen LogP contribution in [-0.4, -0.2) is 28.1 Å². The minimum absolute atomic E-state index is 0.155. The van der Waals surface area contributed by atoms with Gasteiger partial charge in [0.05, 0.1) is 29.7 Å². The normalized spacial score (nSPS) is 10.6. The highest BCUT2D eigenvalue weighted by atomic mass is 19.1. The summed E-state index contributed by atoms with van der Waals surface area (Å²) in [7, 11) is 0. The molecule has 3 rings (SSSR count). The van der Waals surface area contributed by atoms with E-state index in [1.165, 1.54) is 18.3 Å². The molecule has 0 saturated carbocycles. The summed E-state index contributed by atoms with van der Waals surface area (Å²) in [6.45, 7) is 5.58. The second-order valence-electron chi connectivity index (χ2n) is 6.74. The van der Waals surface area contributed by atoms with Crippen molar-refractivity contribution in [2.75, 3.05) is 11.9 Å². The molecule has 0 spiro atoms. The van der Waals surface area contributed by atoms with Gasteiger partial charge < -0.3 is 10.6 Å². The second kappa shape index (κ2) is 8.68. The zero-order valence-corrected chi connectivity index (χ0v) is 16.6. The number of hydrogen-bond acceptors (Lipinski definition) is 3. The van der Waals surface area contributed by atoms with Gasteiger partial charge in [-0.25, -0.2) is 9.07 Å². The lowest BCUT2D eigenvalue weighted by atomic mass is 10.1. The number of halogens is 1. The Morgan fingerprint density at radius 2 is 1.72 bits per heavy atom. The van der Waals surface area contributed by atoms with E-state index in [4.69, 9.17) is 0 Å². The average molecular weight is 394 g/mol. The van der Waals surface area contributed by atoms with E-state index in [0.29, 0.717) is 23.4 Å². The Morgan fingerprint density at radius 3 is 2.34 bits per heavy atom. The predicted octanol–water partition coefficient (Wildman–Crippen LogP) is 3.56. The number of carbonyl (C=O) groups excluding carboxylic acids is 2. The van der Waals surface area contributed by atoms with Crippen molar-refractivity contribution < 1.29 is 14.0 Å². The lowest BCUT2D eigenvalue weighted by Crippen LogP contribution is -2.33. The molecule has 0 fully saturated rings. The lowest BCUT2D eigenvalue weighted by molar-refractivity contribution is -0.115. The molecule has 0 atom stereocenters. The van der Waals surface area contributed by atoms with Crippen LogP contribution in [0.3, 0.4) is 0 Å². The van der Waals surface area contributed by atoms with Gasteiger partial charge in [-0.1, -0.05) is 25.1 Å². The van der Waals surface area contributed by atoms with E-state index in [-0.39, 0.29) is 24.2 Å². The summed E-state index contributed by atoms with van der Waals surface area (Å²) in [6.07, 6.45) is 2.01. The summed E-state index contributed by atoms with van der Waals surface area (Å²) in [5.74, 6) is -1.03. The predicted molar refractivity (Wildman–Crippen MR) is 110 cm³/mol. The van der Waals surface area contributed by atoms with E-state index >= 15 is 0 Å². The molecule has 2 aromatic carbocycles. The first-order chi connectivity index (χ1) is 13.9. The number of aromatic nitrogens is 2. The van der Waals surface area contributed by atoms with Gasteiger partial charge in [0.2, 0.25) is 5.91 Å². The molecule has 0 unspecified atom stereocenters. The number of nitrogens with one attached hydrogen (secondary N) is 2. The fourth-order valence-electron chi connectivity index (χ4n) is 3.16. The van der Waals surface area contributed by atoms with Crippen molar-refractivity contribution in [2.24, 2.45) is 0 Å². The van der Waals surface area contributed by atoms with Crippen molar-refractivity contribution in [1.82, 2.24) is 15.1 Å². The number of anilines is 1. The topological polar surface area (TPSA) is 76.0 Å². The van der Waals surface area contributed by atoms with Crippen molar-refractivity contribution in [1.29, 1.82) is 0 Å². The number of amides is 2. The highest BCUT2D eigenvalue weighted by Crippen LogP contribution is 2.19. The van der Waals surface area contributed by atoms with Gasteiger partial charge in [-0.2, -0.15) is 5.10 Å². The number of para-hydroxylation sites is 1. The molecular formula is C22H23FN4O2. The molecule has 0 bridgehead atoms. The minimum atomic E-state index is -0.383. The first-order valence-electron chi connectivity index (χ1n) is 9.37. The van der Waals surface area contributed by atoms with Crippen LogP contribution in [0.4, 0.5) is 10.1 Å². The minimum Gasteiger partial charge on any atom is -0.343 e. The molecule has 7 heteroatoms. The molecule has 3 aromatic rings. The fourth-order valence-corrected chi connectivity index (χ4v) is 3.16. The van der Waals surface area contributed by atoms with Crippen LogP contribution in [0.5, 0.6) is 0 Å². The van der Waals surface area contributed by atoms with Crippen molar-refractivity contribution >= 4 is 17.5 Å². The molecule has 1 heterocycles. The van der Waals surface area contributed by atoms with Gasteiger partial charge in [-0.05, 0) is 55.7 Å². The summed E-state index contributed by atoms with van der Waals surface area (Å²) in [4.78, 5) is 24.9. The van der Waals surface area contributed by atoms with E-state index in [0.717, 1.165) is 16.8 Å².